The van der Waals surface area contributed by atoms with Crippen LogP contribution in [0.25, 0.3) is 0 Å². The zero-order valence-corrected chi connectivity index (χ0v) is 31.4. The molecule has 0 aromatic carbocycles. The predicted molar refractivity (Wildman–Crippen MR) is 184 cm³/mol. The third-order valence-corrected chi connectivity index (χ3v) is 10.2. The van der Waals surface area contributed by atoms with Crippen LogP contribution in [0, 0.1) is 5.41 Å². The third-order valence-electron chi connectivity index (χ3n) is 6.98. The summed E-state index contributed by atoms with van der Waals surface area (Å²) in [5.41, 5.74) is -0.374. The number of quaternary nitrogens is 2. The van der Waals surface area contributed by atoms with Crippen LogP contribution in [0.4, 0.5) is 0 Å². The second-order valence-corrected chi connectivity index (χ2v) is 15.5. The summed E-state index contributed by atoms with van der Waals surface area (Å²) in [4.78, 5) is 0. The van der Waals surface area contributed by atoms with Gasteiger partial charge in [0.05, 0.1) is 74.1 Å². The summed E-state index contributed by atoms with van der Waals surface area (Å²) in [5.74, 6) is 0. The molecule has 0 aliphatic carbocycles. The third kappa shape index (κ3) is 22.4. The Morgan fingerprint density at radius 3 is 1.18 bits per heavy atom. The number of rotatable bonds is 28. The fourth-order valence-electron chi connectivity index (χ4n) is 4.09. The Morgan fingerprint density at radius 2 is 0.846 bits per heavy atom. The SMILES string of the molecule is CCCCCCCCOCC(COCCCCCCCC)(C(I)OCC[N+](C)(C)C)C(I)OCC[N+](C)(C)C. The normalized spacial score (nSPS) is 14.6. The summed E-state index contributed by atoms with van der Waals surface area (Å²) < 4.78 is 27.5. The zero-order valence-electron chi connectivity index (χ0n) is 27.1. The Morgan fingerprint density at radius 1 is 0.513 bits per heavy atom. The number of hydrogen-bond acceptors (Lipinski definition) is 4. The van der Waals surface area contributed by atoms with Gasteiger partial charge in [-0.15, -0.1) is 0 Å². The van der Waals surface area contributed by atoms with Crippen LogP contribution in [0.5, 0.6) is 0 Å². The standard InChI is InChI=1S/C31H66I2N2O4/c1-9-11-13-15-17-19-23-36-27-31(29(32)38-25-21-34(3,4)5,30(33)39-26-22-35(6,7)8)28-37-24-20-18-16-14-12-10-2/h29-30H,9-28H2,1-8H3/q+2. The van der Waals surface area contributed by atoms with Crippen molar-refractivity contribution in [3.05, 3.63) is 0 Å². The molecule has 0 fully saturated rings. The Balaban J connectivity index is 5.35. The van der Waals surface area contributed by atoms with Crippen molar-refractivity contribution in [3.63, 3.8) is 0 Å². The number of nitrogens with zero attached hydrogens (tertiary/aromatic N) is 2. The molecule has 8 heteroatoms. The molecule has 0 aliphatic heterocycles. The van der Waals surface area contributed by atoms with Crippen LogP contribution in [-0.4, -0.2) is 112 Å². The first-order chi connectivity index (χ1) is 18.4. The molecule has 2 unspecified atom stereocenters. The second-order valence-electron chi connectivity index (χ2n) is 13.3. The minimum absolute atomic E-state index is 0.0678. The fraction of sp³-hybridized carbons (Fsp3) is 1.00. The van der Waals surface area contributed by atoms with Gasteiger partial charge in [-0.3, -0.25) is 0 Å². The number of likely N-dealkylation sites (N-methyl/N-ethyl adjacent to an activating group) is 2. The molecule has 0 aromatic heterocycles. The molecule has 236 valence electrons. The molecule has 0 aliphatic rings. The number of unbranched alkanes of at least 4 members (excludes halogenated alkanes) is 10. The van der Waals surface area contributed by atoms with E-state index < -0.39 is 0 Å². The van der Waals surface area contributed by atoms with Gasteiger partial charge < -0.3 is 27.9 Å². The molecular formula is C31H66I2N2O4+2. The summed E-state index contributed by atoms with van der Waals surface area (Å²) in [6.45, 7) is 10.6. The van der Waals surface area contributed by atoms with E-state index in [1.165, 1.54) is 64.2 Å². The van der Waals surface area contributed by atoms with Crippen LogP contribution < -0.4 is 0 Å². The maximum atomic E-state index is 6.52. The number of ether oxygens (including phenoxy) is 4. The van der Waals surface area contributed by atoms with Crippen molar-refractivity contribution >= 4 is 45.2 Å². The molecule has 6 nitrogen and oxygen atoms in total. The lowest BCUT2D eigenvalue weighted by molar-refractivity contribution is -0.870. The second kappa shape index (κ2) is 23.6. The van der Waals surface area contributed by atoms with Gasteiger partial charge in [0.1, 0.15) is 21.3 Å². The minimum Gasteiger partial charge on any atom is -0.381 e. The minimum atomic E-state index is -0.374. The van der Waals surface area contributed by atoms with Gasteiger partial charge in [0.15, 0.2) is 0 Å². The summed E-state index contributed by atoms with van der Waals surface area (Å²) in [6.07, 6.45) is 15.2. The lowest BCUT2D eigenvalue weighted by Crippen LogP contribution is -2.51. The van der Waals surface area contributed by atoms with Gasteiger partial charge in [0, 0.05) is 13.2 Å². The number of alkyl halides is 2. The van der Waals surface area contributed by atoms with E-state index in [1.807, 2.05) is 0 Å². The van der Waals surface area contributed by atoms with E-state index in [9.17, 15) is 0 Å². The first-order valence-electron chi connectivity index (χ1n) is 15.7. The van der Waals surface area contributed by atoms with Crippen molar-refractivity contribution < 1.29 is 27.9 Å². The first-order valence-corrected chi connectivity index (χ1v) is 18.1. The van der Waals surface area contributed by atoms with Crippen LogP contribution >= 0.6 is 45.2 Å². The molecule has 0 radical (unpaired) electrons. The van der Waals surface area contributed by atoms with Crippen molar-refractivity contribution in [2.24, 2.45) is 5.41 Å². The maximum Gasteiger partial charge on any atom is 0.122 e. The van der Waals surface area contributed by atoms with Crippen molar-refractivity contribution in [2.75, 3.05) is 95.0 Å². The smallest absolute Gasteiger partial charge is 0.122 e. The number of halogens is 2. The van der Waals surface area contributed by atoms with Crippen molar-refractivity contribution in [2.45, 2.75) is 99.1 Å². The highest BCUT2D eigenvalue weighted by molar-refractivity contribution is 14.1. The lowest BCUT2D eigenvalue weighted by Gasteiger charge is -2.41. The molecule has 0 heterocycles. The molecule has 0 bridgehead atoms. The van der Waals surface area contributed by atoms with E-state index in [0.717, 1.165) is 48.1 Å². The van der Waals surface area contributed by atoms with Gasteiger partial charge in [-0.2, -0.15) is 0 Å². The van der Waals surface area contributed by atoms with Crippen molar-refractivity contribution in [1.29, 1.82) is 0 Å². The Bertz CT molecular complexity index is 508. The van der Waals surface area contributed by atoms with Crippen LogP contribution in [0.3, 0.4) is 0 Å². The average Bonchev–Trinajstić information content (AvgIpc) is 2.84. The van der Waals surface area contributed by atoms with E-state index in [-0.39, 0.29) is 13.6 Å². The highest BCUT2D eigenvalue weighted by atomic mass is 127. The first kappa shape index (κ1) is 40.2. The van der Waals surface area contributed by atoms with Crippen LogP contribution in [-0.2, 0) is 18.9 Å². The fourth-order valence-corrected chi connectivity index (χ4v) is 6.66. The molecule has 0 N–H and O–H groups in total. The monoisotopic (exact) mass is 784 g/mol. The van der Waals surface area contributed by atoms with Gasteiger partial charge >= 0.3 is 0 Å². The molecule has 39 heavy (non-hydrogen) atoms. The quantitative estimate of drug-likeness (QED) is 0.0353. The molecule has 0 amide bonds. The molecule has 0 saturated heterocycles. The molecule has 0 spiro atoms. The summed E-state index contributed by atoms with van der Waals surface area (Å²) >= 11 is 4.96. The van der Waals surface area contributed by atoms with Gasteiger partial charge in [-0.1, -0.05) is 123 Å². The Hall–Kier alpha value is 1.22. The highest BCUT2D eigenvalue weighted by Gasteiger charge is 2.46. The summed E-state index contributed by atoms with van der Waals surface area (Å²) in [6, 6.07) is 0. The van der Waals surface area contributed by atoms with Gasteiger partial charge in [0.2, 0.25) is 0 Å². The number of hydrogen-bond donors (Lipinski definition) is 0. The molecule has 0 rings (SSSR count). The van der Waals surface area contributed by atoms with E-state index in [0.29, 0.717) is 26.4 Å². The molecule has 0 aromatic rings. The summed E-state index contributed by atoms with van der Waals surface area (Å²) in [5, 5.41) is 0. The topological polar surface area (TPSA) is 36.9 Å². The van der Waals surface area contributed by atoms with Gasteiger partial charge in [-0.05, 0) is 12.8 Å². The van der Waals surface area contributed by atoms with E-state index >= 15 is 0 Å². The molecular weight excluding hydrogens is 718 g/mol. The summed E-state index contributed by atoms with van der Waals surface area (Å²) in [7, 11) is 13.3. The highest BCUT2D eigenvalue weighted by Crippen LogP contribution is 2.39. The lowest BCUT2D eigenvalue weighted by atomic mass is 9.92. The predicted octanol–water partition coefficient (Wildman–Crippen LogP) is 7.69. The van der Waals surface area contributed by atoms with Crippen LogP contribution in [0.1, 0.15) is 90.9 Å². The van der Waals surface area contributed by atoms with Crippen LogP contribution in [0.15, 0.2) is 0 Å². The molecule has 2 atom stereocenters. The van der Waals surface area contributed by atoms with Gasteiger partial charge in [-0.25, -0.2) is 0 Å². The average molecular weight is 785 g/mol. The van der Waals surface area contributed by atoms with Crippen molar-refractivity contribution in [3.8, 4) is 0 Å². The molecule has 0 saturated carbocycles. The van der Waals surface area contributed by atoms with E-state index in [4.69, 9.17) is 18.9 Å². The largest absolute Gasteiger partial charge is 0.381 e. The van der Waals surface area contributed by atoms with Crippen LogP contribution in [0.2, 0.25) is 0 Å². The Labute approximate surface area is 271 Å². The van der Waals surface area contributed by atoms with E-state index in [2.05, 4.69) is 101 Å². The zero-order chi connectivity index (χ0) is 29.6. The van der Waals surface area contributed by atoms with E-state index in [1.54, 1.807) is 0 Å². The van der Waals surface area contributed by atoms with Gasteiger partial charge in [0.25, 0.3) is 0 Å². The Kier molecular flexibility index (Phi) is 24.4. The maximum absolute atomic E-state index is 6.52. The van der Waals surface area contributed by atoms with Crippen molar-refractivity contribution in [1.82, 2.24) is 0 Å².